The lowest BCUT2D eigenvalue weighted by atomic mass is 10.1. The third-order valence-corrected chi connectivity index (χ3v) is 2.74. The minimum Gasteiger partial charge on any atom is -0.507 e. The molecule has 0 aliphatic heterocycles. The molecule has 2 aromatic carbocycles. The van der Waals surface area contributed by atoms with Crippen LogP contribution < -0.4 is 4.74 Å². The van der Waals surface area contributed by atoms with Crippen molar-refractivity contribution < 1.29 is 24.7 Å². The first kappa shape index (κ1) is 14.3. The first-order valence-corrected chi connectivity index (χ1v) is 5.90. The van der Waals surface area contributed by atoms with E-state index in [0.717, 1.165) is 17.7 Å². The minimum absolute atomic E-state index is 0.0630. The largest absolute Gasteiger partial charge is 0.507 e. The van der Waals surface area contributed by atoms with Crippen molar-refractivity contribution in [3.8, 4) is 11.5 Å². The summed E-state index contributed by atoms with van der Waals surface area (Å²) in [7, 11) is 0. The molecule has 0 heterocycles. The molecule has 2 N–H and O–H groups in total. The van der Waals surface area contributed by atoms with Crippen LogP contribution in [0.5, 0.6) is 11.5 Å². The van der Waals surface area contributed by atoms with E-state index in [2.05, 4.69) is 0 Å². The van der Waals surface area contributed by atoms with Crippen molar-refractivity contribution >= 4 is 11.7 Å². The highest BCUT2D eigenvalue weighted by atomic mass is 16.6. The zero-order valence-electron chi connectivity index (χ0n) is 10.7. The smallest absolute Gasteiger partial charge is 0.339 e. The second-order valence-electron chi connectivity index (χ2n) is 4.17. The summed E-state index contributed by atoms with van der Waals surface area (Å²) in [6, 6.07) is 10.7. The third kappa shape index (κ3) is 3.27. The molecule has 0 aliphatic rings. The fraction of sp³-hybridized carbons (Fsp3) is 0.0714. The summed E-state index contributed by atoms with van der Waals surface area (Å²) in [6.45, 7) is 0.0630. The molecule has 0 bridgehead atoms. The summed E-state index contributed by atoms with van der Waals surface area (Å²) in [5.74, 6) is -2.23. The number of carbonyl (C=O) groups is 1. The Balaban J connectivity index is 2.32. The van der Waals surface area contributed by atoms with Crippen LogP contribution in [0.3, 0.4) is 0 Å². The lowest BCUT2D eigenvalue weighted by molar-refractivity contribution is -0.386. The first-order chi connectivity index (χ1) is 9.99. The number of ether oxygens (including phenoxy) is 1. The summed E-state index contributed by atoms with van der Waals surface area (Å²) in [6.07, 6.45) is 0. The van der Waals surface area contributed by atoms with Crippen LogP contribution in [-0.4, -0.2) is 21.1 Å². The molecule has 21 heavy (non-hydrogen) atoms. The molecule has 0 saturated carbocycles. The normalized spacial score (nSPS) is 10.1. The van der Waals surface area contributed by atoms with E-state index in [9.17, 15) is 20.0 Å². The highest BCUT2D eigenvalue weighted by Gasteiger charge is 2.22. The van der Waals surface area contributed by atoms with Gasteiger partial charge in [0.05, 0.1) is 4.92 Å². The van der Waals surface area contributed by atoms with Crippen molar-refractivity contribution in [1.29, 1.82) is 0 Å². The van der Waals surface area contributed by atoms with Crippen LogP contribution in [-0.2, 0) is 6.61 Å². The number of aromatic hydroxyl groups is 1. The molecule has 2 rings (SSSR count). The molecule has 7 nitrogen and oxygen atoms in total. The number of nitro benzene ring substituents is 1. The third-order valence-electron chi connectivity index (χ3n) is 2.74. The quantitative estimate of drug-likeness (QED) is 0.646. The molecule has 0 radical (unpaired) electrons. The predicted molar refractivity (Wildman–Crippen MR) is 72.5 cm³/mol. The molecule has 0 aliphatic carbocycles. The zero-order valence-corrected chi connectivity index (χ0v) is 10.7. The van der Waals surface area contributed by atoms with Gasteiger partial charge < -0.3 is 14.9 Å². The number of benzene rings is 2. The second kappa shape index (κ2) is 5.91. The number of phenols is 1. The fourth-order valence-corrected chi connectivity index (χ4v) is 1.72. The fourth-order valence-electron chi connectivity index (χ4n) is 1.72. The lowest BCUT2D eigenvalue weighted by Gasteiger charge is -2.08. The van der Waals surface area contributed by atoms with Gasteiger partial charge in [0.2, 0.25) is 5.75 Å². The monoisotopic (exact) mass is 289 g/mol. The van der Waals surface area contributed by atoms with Crippen LogP contribution in [0.2, 0.25) is 0 Å². The summed E-state index contributed by atoms with van der Waals surface area (Å²) >= 11 is 0. The molecular weight excluding hydrogens is 278 g/mol. The predicted octanol–water partition coefficient (Wildman–Crippen LogP) is 2.58. The maximum Gasteiger partial charge on any atom is 0.339 e. The van der Waals surface area contributed by atoms with Crippen molar-refractivity contribution in [3.63, 3.8) is 0 Å². The van der Waals surface area contributed by atoms with E-state index in [1.807, 2.05) is 6.07 Å². The molecular formula is C14H11NO6. The molecule has 0 aromatic heterocycles. The van der Waals surface area contributed by atoms with Crippen LogP contribution in [0.25, 0.3) is 0 Å². The van der Waals surface area contributed by atoms with Gasteiger partial charge in [0, 0.05) is 12.1 Å². The lowest BCUT2D eigenvalue weighted by Crippen LogP contribution is -2.03. The molecule has 0 atom stereocenters. The van der Waals surface area contributed by atoms with Gasteiger partial charge in [-0.2, -0.15) is 0 Å². The zero-order chi connectivity index (χ0) is 15.4. The Kier molecular flexibility index (Phi) is 4.03. The summed E-state index contributed by atoms with van der Waals surface area (Å²) in [5.41, 5.74) is -0.275. The topological polar surface area (TPSA) is 110 Å². The SMILES string of the molecule is O=C(O)c1cc([N+](=O)[O-])c(OCc2ccccc2)cc1O. The van der Waals surface area contributed by atoms with E-state index in [1.54, 1.807) is 24.3 Å². The number of nitro groups is 1. The Hall–Kier alpha value is -3.09. The van der Waals surface area contributed by atoms with Gasteiger partial charge in [-0.05, 0) is 5.56 Å². The Labute approximate surface area is 119 Å². The maximum atomic E-state index is 11.0. The Morgan fingerprint density at radius 2 is 1.90 bits per heavy atom. The number of carboxylic acids is 1. The van der Waals surface area contributed by atoms with Crippen LogP contribution in [0, 0.1) is 10.1 Å². The second-order valence-corrected chi connectivity index (χ2v) is 4.17. The summed E-state index contributed by atoms with van der Waals surface area (Å²) in [4.78, 5) is 21.1. The molecule has 0 amide bonds. The number of hydrogen-bond acceptors (Lipinski definition) is 5. The minimum atomic E-state index is -1.45. The van der Waals surface area contributed by atoms with Gasteiger partial charge in [-0.1, -0.05) is 30.3 Å². The summed E-state index contributed by atoms with van der Waals surface area (Å²) < 4.78 is 5.31. The number of hydrogen-bond donors (Lipinski definition) is 2. The van der Waals surface area contributed by atoms with Crippen LogP contribution in [0.1, 0.15) is 15.9 Å². The van der Waals surface area contributed by atoms with E-state index in [-0.39, 0.29) is 12.4 Å². The molecule has 0 spiro atoms. The van der Waals surface area contributed by atoms with Crippen molar-refractivity contribution in [2.24, 2.45) is 0 Å². The first-order valence-electron chi connectivity index (χ1n) is 5.90. The van der Waals surface area contributed by atoms with E-state index in [1.165, 1.54) is 0 Å². The van der Waals surface area contributed by atoms with Gasteiger partial charge in [-0.3, -0.25) is 10.1 Å². The Morgan fingerprint density at radius 1 is 1.24 bits per heavy atom. The molecule has 0 fully saturated rings. The van der Waals surface area contributed by atoms with Gasteiger partial charge in [0.1, 0.15) is 17.9 Å². The highest BCUT2D eigenvalue weighted by Crippen LogP contribution is 2.34. The average molecular weight is 289 g/mol. The molecule has 108 valence electrons. The molecule has 0 saturated heterocycles. The van der Waals surface area contributed by atoms with Gasteiger partial charge in [-0.15, -0.1) is 0 Å². The van der Waals surface area contributed by atoms with Gasteiger partial charge in [0.15, 0.2) is 0 Å². The number of carboxylic acid groups (broad SMARTS) is 1. The number of rotatable bonds is 5. The summed E-state index contributed by atoms with van der Waals surface area (Å²) in [5, 5.41) is 29.4. The van der Waals surface area contributed by atoms with Crippen LogP contribution in [0.15, 0.2) is 42.5 Å². The van der Waals surface area contributed by atoms with Crippen LogP contribution >= 0.6 is 0 Å². The standard InChI is InChI=1S/C14H11NO6/c16-12-7-13(21-8-9-4-2-1-3-5-9)11(15(19)20)6-10(12)14(17)18/h1-7,16H,8H2,(H,17,18). The van der Waals surface area contributed by atoms with E-state index >= 15 is 0 Å². The van der Waals surface area contributed by atoms with E-state index in [0.29, 0.717) is 0 Å². The van der Waals surface area contributed by atoms with E-state index in [4.69, 9.17) is 9.84 Å². The molecule has 0 unspecified atom stereocenters. The average Bonchev–Trinajstić information content (AvgIpc) is 2.45. The van der Waals surface area contributed by atoms with Gasteiger partial charge in [-0.25, -0.2) is 4.79 Å². The van der Waals surface area contributed by atoms with Gasteiger partial charge in [0.25, 0.3) is 0 Å². The number of nitrogens with zero attached hydrogens (tertiary/aromatic N) is 1. The Bertz CT molecular complexity index is 683. The van der Waals surface area contributed by atoms with Gasteiger partial charge >= 0.3 is 11.7 Å². The van der Waals surface area contributed by atoms with Crippen molar-refractivity contribution in [1.82, 2.24) is 0 Å². The highest BCUT2D eigenvalue weighted by molar-refractivity contribution is 5.92. The maximum absolute atomic E-state index is 11.0. The molecule has 7 heteroatoms. The number of aromatic carboxylic acids is 1. The van der Waals surface area contributed by atoms with Crippen LogP contribution in [0.4, 0.5) is 5.69 Å². The molecule has 2 aromatic rings. The van der Waals surface area contributed by atoms with Crippen molar-refractivity contribution in [3.05, 3.63) is 63.7 Å². The van der Waals surface area contributed by atoms with Crippen molar-refractivity contribution in [2.45, 2.75) is 6.61 Å². The van der Waals surface area contributed by atoms with Crippen molar-refractivity contribution in [2.75, 3.05) is 0 Å². The Morgan fingerprint density at radius 3 is 2.48 bits per heavy atom. The van der Waals surface area contributed by atoms with E-state index < -0.39 is 27.9 Å².